The molecule has 0 N–H and O–H groups in total. The Kier molecular flexibility index (Phi) is 5.36. The molecule has 32 heavy (non-hydrogen) atoms. The minimum Gasteiger partial charge on any atom is -0.268 e. The molecule has 0 saturated carbocycles. The molecular weight excluding hydrogens is 442 g/mol. The summed E-state index contributed by atoms with van der Waals surface area (Å²) in [6, 6.07) is 16.7. The first kappa shape index (κ1) is 20.6. The van der Waals surface area contributed by atoms with E-state index in [2.05, 4.69) is 17.0 Å². The van der Waals surface area contributed by atoms with Crippen LogP contribution in [-0.4, -0.2) is 24.1 Å². The number of thioether (sulfide) groups is 1. The molecule has 2 aromatic carbocycles. The number of fused-ring (bicyclic) bond motifs is 2. The summed E-state index contributed by atoms with van der Waals surface area (Å²) < 4.78 is 2.95. The SMILES string of the molecule is CCc1ccc(-n2c(SCc3cc(=O)n4nc(C)sc4n3)nc3ccccc3c2=O)cc1. The number of para-hydroxylation sites is 1. The maximum atomic E-state index is 13.4. The third-order valence-corrected chi connectivity index (χ3v) is 6.89. The predicted molar refractivity (Wildman–Crippen MR) is 128 cm³/mol. The van der Waals surface area contributed by atoms with Crippen molar-refractivity contribution in [3.63, 3.8) is 0 Å². The molecule has 0 radical (unpaired) electrons. The van der Waals surface area contributed by atoms with E-state index < -0.39 is 0 Å². The van der Waals surface area contributed by atoms with Crippen LogP contribution >= 0.6 is 23.1 Å². The first-order valence-electron chi connectivity index (χ1n) is 10.1. The van der Waals surface area contributed by atoms with Crippen molar-refractivity contribution in [3.05, 3.63) is 91.6 Å². The average Bonchev–Trinajstić information content (AvgIpc) is 3.19. The highest BCUT2D eigenvalue weighted by atomic mass is 32.2. The van der Waals surface area contributed by atoms with Gasteiger partial charge in [0.25, 0.3) is 11.1 Å². The summed E-state index contributed by atoms with van der Waals surface area (Å²) >= 11 is 2.75. The molecule has 0 bridgehead atoms. The first-order valence-corrected chi connectivity index (χ1v) is 11.9. The Balaban J connectivity index is 1.59. The van der Waals surface area contributed by atoms with Gasteiger partial charge in [-0.15, -0.1) is 0 Å². The molecule has 3 aromatic heterocycles. The van der Waals surface area contributed by atoms with Gasteiger partial charge in [-0.2, -0.15) is 9.61 Å². The smallest absolute Gasteiger partial charge is 0.268 e. The predicted octanol–water partition coefficient (Wildman–Crippen LogP) is 4.01. The number of aryl methyl sites for hydroxylation is 2. The van der Waals surface area contributed by atoms with Gasteiger partial charge in [0.05, 0.1) is 22.3 Å². The highest BCUT2D eigenvalue weighted by molar-refractivity contribution is 7.98. The van der Waals surface area contributed by atoms with Crippen molar-refractivity contribution < 1.29 is 0 Å². The van der Waals surface area contributed by atoms with Gasteiger partial charge in [0.15, 0.2) is 5.16 Å². The van der Waals surface area contributed by atoms with Crippen LogP contribution in [-0.2, 0) is 12.2 Å². The zero-order chi connectivity index (χ0) is 22.2. The van der Waals surface area contributed by atoms with E-state index in [1.54, 1.807) is 10.6 Å². The minimum atomic E-state index is -0.214. The van der Waals surface area contributed by atoms with Crippen molar-refractivity contribution in [2.75, 3.05) is 0 Å². The number of benzene rings is 2. The summed E-state index contributed by atoms with van der Waals surface area (Å²) in [5.41, 5.74) is 2.89. The number of hydrogen-bond donors (Lipinski definition) is 0. The van der Waals surface area contributed by atoms with Gasteiger partial charge in [-0.05, 0) is 43.2 Å². The Hall–Kier alpha value is -3.30. The van der Waals surface area contributed by atoms with Crippen LogP contribution < -0.4 is 11.1 Å². The van der Waals surface area contributed by atoms with Crippen molar-refractivity contribution in [3.8, 4) is 5.69 Å². The second-order valence-electron chi connectivity index (χ2n) is 7.26. The molecule has 0 spiro atoms. The van der Waals surface area contributed by atoms with E-state index in [1.165, 1.54) is 39.2 Å². The highest BCUT2D eigenvalue weighted by Crippen LogP contribution is 2.24. The fraction of sp³-hybridized carbons (Fsp3) is 0.174. The molecule has 160 valence electrons. The van der Waals surface area contributed by atoms with Gasteiger partial charge >= 0.3 is 0 Å². The van der Waals surface area contributed by atoms with Crippen LogP contribution in [0.25, 0.3) is 21.6 Å². The number of nitrogens with zero attached hydrogens (tertiary/aromatic N) is 5. The second kappa shape index (κ2) is 8.33. The maximum absolute atomic E-state index is 13.4. The van der Waals surface area contributed by atoms with Crippen LogP contribution in [0.5, 0.6) is 0 Å². The van der Waals surface area contributed by atoms with Crippen molar-refractivity contribution in [1.82, 2.24) is 24.1 Å². The first-order chi connectivity index (χ1) is 15.5. The van der Waals surface area contributed by atoms with E-state index >= 15 is 0 Å². The summed E-state index contributed by atoms with van der Waals surface area (Å²) in [4.78, 5) is 35.7. The Morgan fingerprint density at radius 1 is 1.03 bits per heavy atom. The molecule has 0 aliphatic rings. The van der Waals surface area contributed by atoms with Gasteiger partial charge in [-0.1, -0.05) is 54.3 Å². The summed E-state index contributed by atoms with van der Waals surface area (Å²) in [6.45, 7) is 3.94. The van der Waals surface area contributed by atoms with E-state index in [4.69, 9.17) is 4.98 Å². The number of hydrogen-bond acceptors (Lipinski definition) is 7. The zero-order valence-corrected chi connectivity index (χ0v) is 19.1. The van der Waals surface area contributed by atoms with Crippen molar-refractivity contribution in [2.24, 2.45) is 0 Å². The lowest BCUT2D eigenvalue weighted by Gasteiger charge is -2.13. The summed E-state index contributed by atoms with van der Waals surface area (Å²) in [6.07, 6.45) is 0.924. The normalized spacial score (nSPS) is 11.4. The quantitative estimate of drug-likeness (QED) is 0.291. The molecule has 9 heteroatoms. The topological polar surface area (TPSA) is 82.2 Å². The van der Waals surface area contributed by atoms with Gasteiger partial charge in [-0.25, -0.2) is 9.97 Å². The largest absolute Gasteiger partial charge is 0.275 e. The molecule has 7 nitrogen and oxygen atoms in total. The van der Waals surface area contributed by atoms with E-state index in [0.29, 0.717) is 32.5 Å². The van der Waals surface area contributed by atoms with Crippen LogP contribution in [0.1, 0.15) is 23.2 Å². The van der Waals surface area contributed by atoms with E-state index in [0.717, 1.165) is 17.1 Å². The average molecular weight is 462 g/mol. The van der Waals surface area contributed by atoms with Crippen molar-refractivity contribution >= 4 is 39.0 Å². The minimum absolute atomic E-state index is 0.121. The maximum Gasteiger partial charge on any atom is 0.275 e. The van der Waals surface area contributed by atoms with Crippen molar-refractivity contribution in [1.29, 1.82) is 0 Å². The molecule has 0 amide bonds. The van der Waals surface area contributed by atoms with Crippen LogP contribution in [0.2, 0.25) is 0 Å². The molecule has 0 unspecified atom stereocenters. The molecule has 0 fully saturated rings. The lowest BCUT2D eigenvalue weighted by Crippen LogP contribution is -2.22. The third-order valence-electron chi connectivity index (χ3n) is 5.10. The van der Waals surface area contributed by atoms with Crippen LogP contribution in [0.4, 0.5) is 0 Å². The Bertz CT molecular complexity index is 1570. The number of aromatic nitrogens is 5. The lowest BCUT2D eigenvalue weighted by molar-refractivity contribution is 0.818. The summed E-state index contributed by atoms with van der Waals surface area (Å²) in [5.74, 6) is 0.403. The van der Waals surface area contributed by atoms with Gasteiger partial charge in [0.2, 0.25) is 4.96 Å². The molecule has 5 aromatic rings. The summed E-state index contributed by atoms with van der Waals surface area (Å²) in [5, 5.41) is 6.08. The van der Waals surface area contributed by atoms with Gasteiger partial charge in [0.1, 0.15) is 5.01 Å². The molecule has 0 aliphatic carbocycles. The van der Waals surface area contributed by atoms with Gasteiger partial charge in [0, 0.05) is 11.8 Å². The fourth-order valence-corrected chi connectivity index (χ4v) is 5.15. The van der Waals surface area contributed by atoms with E-state index in [-0.39, 0.29) is 11.1 Å². The molecular formula is C23H19N5O2S2. The molecule has 0 atom stereocenters. The zero-order valence-electron chi connectivity index (χ0n) is 17.5. The second-order valence-corrected chi connectivity index (χ2v) is 9.36. The Morgan fingerprint density at radius 3 is 2.59 bits per heavy atom. The third kappa shape index (κ3) is 3.74. The van der Waals surface area contributed by atoms with Crippen LogP contribution in [0.3, 0.4) is 0 Å². The van der Waals surface area contributed by atoms with Crippen LogP contribution in [0.15, 0.2) is 69.3 Å². The van der Waals surface area contributed by atoms with Gasteiger partial charge < -0.3 is 0 Å². The highest BCUT2D eigenvalue weighted by Gasteiger charge is 2.15. The van der Waals surface area contributed by atoms with E-state index in [1.807, 2.05) is 49.4 Å². The fourth-order valence-electron chi connectivity index (χ4n) is 3.48. The summed E-state index contributed by atoms with van der Waals surface area (Å²) in [7, 11) is 0. The van der Waals surface area contributed by atoms with Crippen LogP contribution in [0, 0.1) is 6.92 Å². The lowest BCUT2D eigenvalue weighted by atomic mass is 10.1. The Morgan fingerprint density at radius 2 is 1.81 bits per heavy atom. The molecule has 5 rings (SSSR count). The standard InChI is InChI=1S/C23H19N5O2S2/c1-3-15-8-10-17(11-9-15)27-21(30)18-6-4-5-7-19(18)25-22(27)31-13-16-12-20(29)28-23(24-16)32-14(2)26-28/h4-12H,3,13H2,1-2H3. The molecule has 0 saturated heterocycles. The van der Waals surface area contributed by atoms with Gasteiger partial charge in [-0.3, -0.25) is 14.2 Å². The molecule has 3 heterocycles. The molecule has 0 aliphatic heterocycles. The Labute approximate surface area is 191 Å². The number of rotatable bonds is 5. The van der Waals surface area contributed by atoms with Crippen molar-refractivity contribution in [2.45, 2.75) is 31.2 Å². The van der Waals surface area contributed by atoms with E-state index in [9.17, 15) is 9.59 Å². The monoisotopic (exact) mass is 461 g/mol.